The maximum atomic E-state index is 12.6. The van der Waals surface area contributed by atoms with Crippen molar-refractivity contribution in [1.82, 2.24) is 4.90 Å². The van der Waals surface area contributed by atoms with Crippen molar-refractivity contribution in [2.75, 3.05) is 13.2 Å². The zero-order valence-electron chi connectivity index (χ0n) is 12.5. The molecule has 1 aliphatic carbocycles. The lowest BCUT2D eigenvalue weighted by Crippen LogP contribution is -2.41. The molecular formula is C15H27NO3. The molecule has 1 rings (SSSR count). The fourth-order valence-corrected chi connectivity index (χ4v) is 2.44. The van der Waals surface area contributed by atoms with Crippen molar-refractivity contribution in [2.45, 2.75) is 65.3 Å². The summed E-state index contributed by atoms with van der Waals surface area (Å²) >= 11 is 0. The lowest BCUT2D eigenvalue weighted by Gasteiger charge is -2.26. The molecule has 0 atom stereocenters. The first-order chi connectivity index (χ1) is 9.13. The van der Waals surface area contributed by atoms with Crippen LogP contribution >= 0.6 is 0 Å². The van der Waals surface area contributed by atoms with Crippen LogP contribution < -0.4 is 0 Å². The van der Waals surface area contributed by atoms with Gasteiger partial charge in [-0.3, -0.25) is 9.59 Å². The summed E-state index contributed by atoms with van der Waals surface area (Å²) in [4.78, 5) is 25.9. The van der Waals surface area contributed by atoms with E-state index < -0.39 is 0 Å². The molecule has 0 aliphatic heterocycles. The van der Waals surface area contributed by atoms with E-state index in [2.05, 4.69) is 13.8 Å². The Morgan fingerprint density at radius 2 is 1.74 bits per heavy atom. The summed E-state index contributed by atoms with van der Waals surface area (Å²) in [5.41, 5.74) is 0. The Balaban J connectivity index is 2.62. The number of carbonyl (C=O) groups is 2. The van der Waals surface area contributed by atoms with E-state index in [1.807, 2.05) is 0 Å². The zero-order valence-corrected chi connectivity index (χ0v) is 12.5. The second-order valence-corrected chi connectivity index (χ2v) is 5.28. The molecule has 1 saturated carbocycles. The lowest BCUT2D eigenvalue weighted by atomic mass is 9.96. The quantitative estimate of drug-likeness (QED) is 0.605. The van der Waals surface area contributed by atoms with Crippen molar-refractivity contribution in [3.8, 4) is 0 Å². The normalized spacial score (nSPS) is 14.5. The molecule has 0 heterocycles. The van der Waals surface area contributed by atoms with Crippen molar-refractivity contribution in [1.29, 1.82) is 0 Å². The van der Waals surface area contributed by atoms with Crippen LogP contribution in [-0.4, -0.2) is 36.0 Å². The Morgan fingerprint density at radius 3 is 2.16 bits per heavy atom. The predicted octanol–water partition coefficient (Wildman–Crippen LogP) is 2.76. The molecule has 0 radical (unpaired) electrons. The number of nitrogens with zero attached hydrogens (tertiary/aromatic N) is 1. The molecule has 1 fully saturated rings. The fourth-order valence-electron chi connectivity index (χ4n) is 2.44. The van der Waals surface area contributed by atoms with Gasteiger partial charge in [-0.05, 0) is 32.6 Å². The van der Waals surface area contributed by atoms with Crippen LogP contribution in [0.1, 0.15) is 59.3 Å². The second-order valence-electron chi connectivity index (χ2n) is 5.28. The average Bonchev–Trinajstić information content (AvgIpc) is 3.19. The van der Waals surface area contributed by atoms with Gasteiger partial charge in [0, 0.05) is 12.0 Å². The minimum Gasteiger partial charge on any atom is -0.465 e. The van der Waals surface area contributed by atoms with Crippen LogP contribution in [0.5, 0.6) is 0 Å². The van der Waals surface area contributed by atoms with Gasteiger partial charge in [-0.1, -0.05) is 26.7 Å². The van der Waals surface area contributed by atoms with Gasteiger partial charge >= 0.3 is 5.97 Å². The van der Waals surface area contributed by atoms with Crippen LogP contribution in [0.2, 0.25) is 0 Å². The summed E-state index contributed by atoms with van der Waals surface area (Å²) in [6.45, 7) is 6.49. The van der Waals surface area contributed by atoms with Gasteiger partial charge in [-0.2, -0.15) is 0 Å². The van der Waals surface area contributed by atoms with Crippen LogP contribution in [0.25, 0.3) is 0 Å². The van der Waals surface area contributed by atoms with Gasteiger partial charge in [0.1, 0.15) is 6.54 Å². The Morgan fingerprint density at radius 1 is 1.16 bits per heavy atom. The summed E-state index contributed by atoms with van der Waals surface area (Å²) in [5.74, 6) is -0.0567. The summed E-state index contributed by atoms with van der Waals surface area (Å²) in [6.07, 6.45) is 5.90. The topological polar surface area (TPSA) is 46.6 Å². The molecule has 0 bridgehead atoms. The molecule has 4 heteroatoms. The van der Waals surface area contributed by atoms with E-state index in [0.717, 1.165) is 38.5 Å². The van der Waals surface area contributed by atoms with Gasteiger partial charge in [0.25, 0.3) is 0 Å². The first kappa shape index (κ1) is 16.0. The maximum Gasteiger partial charge on any atom is 0.325 e. The van der Waals surface area contributed by atoms with Crippen LogP contribution in [0.15, 0.2) is 0 Å². The summed E-state index contributed by atoms with van der Waals surface area (Å²) < 4.78 is 4.97. The third-order valence-electron chi connectivity index (χ3n) is 3.50. The highest BCUT2D eigenvalue weighted by Crippen LogP contribution is 2.29. The number of hydrogen-bond acceptors (Lipinski definition) is 3. The fraction of sp³-hybridized carbons (Fsp3) is 0.867. The molecule has 19 heavy (non-hydrogen) atoms. The maximum absolute atomic E-state index is 12.6. The average molecular weight is 269 g/mol. The highest BCUT2D eigenvalue weighted by Gasteiger charge is 2.36. The van der Waals surface area contributed by atoms with Crippen molar-refractivity contribution in [3.63, 3.8) is 0 Å². The van der Waals surface area contributed by atoms with Gasteiger partial charge in [0.05, 0.1) is 6.61 Å². The van der Waals surface area contributed by atoms with Crippen LogP contribution in [0, 0.1) is 5.92 Å². The number of ether oxygens (including phenoxy) is 1. The Bertz CT molecular complexity index is 294. The number of rotatable bonds is 9. The van der Waals surface area contributed by atoms with Gasteiger partial charge < -0.3 is 9.64 Å². The van der Waals surface area contributed by atoms with Gasteiger partial charge in [-0.15, -0.1) is 0 Å². The van der Waals surface area contributed by atoms with Crippen LogP contribution in [0.4, 0.5) is 0 Å². The van der Waals surface area contributed by atoms with Crippen LogP contribution in [-0.2, 0) is 14.3 Å². The van der Waals surface area contributed by atoms with E-state index in [4.69, 9.17) is 4.74 Å². The molecule has 0 aromatic rings. The molecule has 0 aromatic carbocycles. The van der Waals surface area contributed by atoms with Gasteiger partial charge in [-0.25, -0.2) is 0 Å². The largest absolute Gasteiger partial charge is 0.465 e. The molecule has 0 saturated heterocycles. The first-order valence-electron chi connectivity index (χ1n) is 7.60. The second kappa shape index (κ2) is 8.18. The summed E-state index contributed by atoms with van der Waals surface area (Å²) in [7, 11) is 0. The minimum absolute atomic E-state index is 0.0741. The summed E-state index contributed by atoms with van der Waals surface area (Å²) in [5, 5.41) is 0. The molecule has 0 N–H and O–H groups in total. The first-order valence-corrected chi connectivity index (χ1v) is 7.60. The number of hydrogen-bond donors (Lipinski definition) is 0. The predicted molar refractivity (Wildman–Crippen MR) is 74.7 cm³/mol. The molecular weight excluding hydrogens is 242 g/mol. The highest BCUT2D eigenvalue weighted by atomic mass is 16.5. The molecule has 1 amide bonds. The molecule has 0 spiro atoms. The van der Waals surface area contributed by atoms with Crippen LogP contribution in [0.3, 0.4) is 0 Å². The molecule has 1 aliphatic rings. The van der Waals surface area contributed by atoms with E-state index in [-0.39, 0.29) is 30.4 Å². The Labute approximate surface area is 116 Å². The summed E-state index contributed by atoms with van der Waals surface area (Å²) in [6, 6.07) is 0.271. The molecule has 4 nitrogen and oxygen atoms in total. The van der Waals surface area contributed by atoms with E-state index in [0.29, 0.717) is 6.61 Å². The van der Waals surface area contributed by atoms with E-state index in [9.17, 15) is 9.59 Å². The highest BCUT2D eigenvalue weighted by molar-refractivity contribution is 5.84. The van der Waals surface area contributed by atoms with Gasteiger partial charge in [0.2, 0.25) is 5.91 Å². The van der Waals surface area contributed by atoms with Crippen molar-refractivity contribution < 1.29 is 14.3 Å². The SMILES string of the molecule is CCCC(CCC)C(=O)N(CC(=O)OCC)C1CC1. The molecule has 0 unspecified atom stereocenters. The lowest BCUT2D eigenvalue weighted by molar-refractivity contribution is -0.151. The third-order valence-corrected chi connectivity index (χ3v) is 3.50. The minimum atomic E-state index is -0.283. The Kier molecular flexibility index (Phi) is 6.89. The van der Waals surface area contributed by atoms with E-state index in [1.54, 1.807) is 11.8 Å². The van der Waals surface area contributed by atoms with E-state index >= 15 is 0 Å². The van der Waals surface area contributed by atoms with Crippen molar-refractivity contribution in [2.24, 2.45) is 5.92 Å². The molecule has 0 aromatic heterocycles. The number of amides is 1. The molecule has 110 valence electrons. The van der Waals surface area contributed by atoms with Gasteiger partial charge in [0.15, 0.2) is 0 Å². The Hall–Kier alpha value is -1.06. The van der Waals surface area contributed by atoms with E-state index in [1.165, 1.54) is 0 Å². The third kappa shape index (κ3) is 5.21. The van der Waals surface area contributed by atoms with Crippen molar-refractivity contribution >= 4 is 11.9 Å². The standard InChI is InChI=1S/C15H27NO3/c1-4-7-12(8-5-2)15(18)16(13-9-10-13)11-14(17)19-6-3/h12-13H,4-11H2,1-3H3. The van der Waals surface area contributed by atoms with Crippen molar-refractivity contribution in [3.05, 3.63) is 0 Å². The zero-order chi connectivity index (χ0) is 14.3. The number of esters is 1. The monoisotopic (exact) mass is 269 g/mol. The smallest absolute Gasteiger partial charge is 0.325 e. The number of carbonyl (C=O) groups excluding carboxylic acids is 2.